The SMILES string of the molecule is CC(C)CCNCCOCC(F)(F)C(F)F. The summed E-state index contributed by atoms with van der Waals surface area (Å²) >= 11 is 0. The van der Waals surface area contributed by atoms with E-state index in [0.29, 0.717) is 12.5 Å². The topological polar surface area (TPSA) is 21.3 Å². The molecule has 0 radical (unpaired) electrons. The summed E-state index contributed by atoms with van der Waals surface area (Å²) in [6.07, 6.45) is -2.69. The third kappa shape index (κ3) is 7.87. The highest BCUT2D eigenvalue weighted by molar-refractivity contribution is 4.67. The second kappa shape index (κ2) is 7.84. The summed E-state index contributed by atoms with van der Waals surface area (Å²) in [5.41, 5.74) is 0. The highest BCUT2D eigenvalue weighted by Crippen LogP contribution is 2.22. The lowest BCUT2D eigenvalue weighted by molar-refractivity contribution is -0.165. The standard InChI is InChI=1S/C10H19F4NO/c1-8(2)3-4-15-5-6-16-7-10(13,14)9(11)12/h8-9,15H,3-7H2,1-2H3. The van der Waals surface area contributed by atoms with Crippen molar-refractivity contribution < 1.29 is 22.3 Å². The summed E-state index contributed by atoms with van der Waals surface area (Å²) < 4.78 is 52.5. The van der Waals surface area contributed by atoms with E-state index < -0.39 is 19.0 Å². The van der Waals surface area contributed by atoms with Crippen molar-refractivity contribution in [3.8, 4) is 0 Å². The molecule has 1 N–H and O–H groups in total. The van der Waals surface area contributed by atoms with Crippen molar-refractivity contribution in [2.45, 2.75) is 32.6 Å². The smallest absolute Gasteiger partial charge is 0.330 e. The van der Waals surface area contributed by atoms with Crippen LogP contribution in [0.15, 0.2) is 0 Å². The van der Waals surface area contributed by atoms with Crippen molar-refractivity contribution in [1.29, 1.82) is 0 Å². The normalized spacial score (nSPS) is 12.8. The van der Waals surface area contributed by atoms with Crippen LogP contribution < -0.4 is 5.32 Å². The first-order valence-corrected chi connectivity index (χ1v) is 5.30. The minimum Gasteiger partial charge on any atom is -0.374 e. The molecule has 0 spiro atoms. The van der Waals surface area contributed by atoms with Crippen molar-refractivity contribution in [2.75, 3.05) is 26.3 Å². The van der Waals surface area contributed by atoms with Gasteiger partial charge in [-0.15, -0.1) is 0 Å². The molecule has 0 heterocycles. The second-order valence-corrected chi connectivity index (χ2v) is 4.05. The summed E-state index contributed by atoms with van der Waals surface area (Å²) in [4.78, 5) is 0. The molecule has 2 nitrogen and oxygen atoms in total. The van der Waals surface area contributed by atoms with Crippen LogP contribution in [-0.4, -0.2) is 38.7 Å². The lowest BCUT2D eigenvalue weighted by Gasteiger charge is -2.15. The predicted octanol–water partition coefficient (Wildman–Crippen LogP) is 2.54. The van der Waals surface area contributed by atoms with E-state index in [2.05, 4.69) is 23.9 Å². The molecule has 0 unspecified atom stereocenters. The molecule has 0 fully saturated rings. The van der Waals surface area contributed by atoms with Crippen LogP contribution in [0, 0.1) is 5.92 Å². The van der Waals surface area contributed by atoms with Crippen LogP contribution in [0.5, 0.6) is 0 Å². The van der Waals surface area contributed by atoms with Crippen LogP contribution in [0.3, 0.4) is 0 Å². The van der Waals surface area contributed by atoms with Gasteiger partial charge in [0, 0.05) is 6.54 Å². The van der Waals surface area contributed by atoms with Crippen molar-refractivity contribution >= 4 is 0 Å². The summed E-state index contributed by atoms with van der Waals surface area (Å²) in [6, 6.07) is 0. The Bertz CT molecular complexity index is 176. The number of nitrogens with one attached hydrogen (secondary N) is 1. The van der Waals surface area contributed by atoms with Crippen LogP contribution in [0.1, 0.15) is 20.3 Å². The van der Waals surface area contributed by atoms with Gasteiger partial charge in [-0.2, -0.15) is 8.78 Å². The molecule has 16 heavy (non-hydrogen) atoms. The summed E-state index contributed by atoms with van der Waals surface area (Å²) in [5.74, 6) is -3.48. The second-order valence-electron chi connectivity index (χ2n) is 4.05. The molecule has 0 aliphatic rings. The molecule has 0 rings (SSSR count). The third-order valence-electron chi connectivity index (χ3n) is 1.94. The van der Waals surface area contributed by atoms with Crippen LogP contribution in [0.25, 0.3) is 0 Å². The predicted molar refractivity (Wildman–Crippen MR) is 54.1 cm³/mol. The monoisotopic (exact) mass is 245 g/mol. The minimum absolute atomic E-state index is 0.0143. The maximum absolute atomic E-state index is 12.3. The Morgan fingerprint density at radius 2 is 1.81 bits per heavy atom. The van der Waals surface area contributed by atoms with Gasteiger partial charge in [0.05, 0.1) is 6.61 Å². The summed E-state index contributed by atoms with van der Waals surface area (Å²) in [5, 5.41) is 2.97. The molecule has 0 aromatic rings. The van der Waals surface area contributed by atoms with Crippen molar-refractivity contribution in [1.82, 2.24) is 5.32 Å². The Hall–Kier alpha value is -0.360. The Labute approximate surface area is 93.3 Å². The van der Waals surface area contributed by atoms with Crippen LogP contribution >= 0.6 is 0 Å². The average Bonchev–Trinajstić information content (AvgIpc) is 2.15. The minimum atomic E-state index is -4.04. The first kappa shape index (κ1) is 15.6. The van der Waals surface area contributed by atoms with Crippen LogP contribution in [0.4, 0.5) is 17.6 Å². The maximum Gasteiger partial charge on any atom is 0.330 e. The van der Waals surface area contributed by atoms with Crippen molar-refractivity contribution in [3.63, 3.8) is 0 Å². The molecule has 0 saturated carbocycles. The zero-order valence-corrected chi connectivity index (χ0v) is 9.61. The first-order chi connectivity index (χ1) is 7.36. The van der Waals surface area contributed by atoms with Crippen molar-refractivity contribution in [3.05, 3.63) is 0 Å². The number of rotatable bonds is 9. The number of halogens is 4. The Kier molecular flexibility index (Phi) is 7.66. The number of alkyl halides is 4. The van der Waals surface area contributed by atoms with E-state index >= 15 is 0 Å². The van der Waals surface area contributed by atoms with Gasteiger partial charge in [0.25, 0.3) is 0 Å². The first-order valence-electron chi connectivity index (χ1n) is 5.30. The molecular weight excluding hydrogens is 226 g/mol. The molecule has 0 bridgehead atoms. The van der Waals surface area contributed by atoms with E-state index in [4.69, 9.17) is 0 Å². The third-order valence-corrected chi connectivity index (χ3v) is 1.94. The Morgan fingerprint density at radius 3 is 2.31 bits per heavy atom. The zero-order chi connectivity index (χ0) is 12.6. The molecule has 0 aromatic carbocycles. The van der Waals surface area contributed by atoms with Gasteiger partial charge in [-0.05, 0) is 18.9 Å². The molecule has 98 valence electrons. The highest BCUT2D eigenvalue weighted by atomic mass is 19.3. The quantitative estimate of drug-likeness (QED) is 0.498. The van der Waals surface area contributed by atoms with E-state index in [9.17, 15) is 17.6 Å². The van der Waals surface area contributed by atoms with Gasteiger partial charge in [-0.25, -0.2) is 8.78 Å². The van der Waals surface area contributed by atoms with Crippen LogP contribution in [-0.2, 0) is 4.74 Å². The molecule has 0 aromatic heterocycles. The molecule has 0 saturated heterocycles. The molecular formula is C10H19F4NO. The highest BCUT2D eigenvalue weighted by Gasteiger charge is 2.40. The fourth-order valence-electron chi connectivity index (χ4n) is 0.931. The zero-order valence-electron chi connectivity index (χ0n) is 9.61. The molecule has 6 heteroatoms. The van der Waals surface area contributed by atoms with Gasteiger partial charge < -0.3 is 10.1 Å². The van der Waals surface area contributed by atoms with Crippen LogP contribution in [0.2, 0.25) is 0 Å². The van der Waals surface area contributed by atoms with E-state index in [1.807, 2.05) is 0 Å². The van der Waals surface area contributed by atoms with Gasteiger partial charge in [0.2, 0.25) is 0 Å². The molecule has 0 amide bonds. The van der Waals surface area contributed by atoms with Crippen molar-refractivity contribution in [2.24, 2.45) is 5.92 Å². The number of hydrogen-bond donors (Lipinski definition) is 1. The van der Waals surface area contributed by atoms with E-state index in [-0.39, 0.29) is 6.61 Å². The van der Waals surface area contributed by atoms with Gasteiger partial charge in [-0.1, -0.05) is 13.8 Å². The molecule has 0 atom stereocenters. The van der Waals surface area contributed by atoms with Gasteiger partial charge >= 0.3 is 12.3 Å². The Balaban J connectivity index is 3.34. The molecule has 0 aliphatic heterocycles. The summed E-state index contributed by atoms with van der Waals surface area (Å²) in [7, 11) is 0. The number of hydrogen-bond acceptors (Lipinski definition) is 2. The lowest BCUT2D eigenvalue weighted by Crippen LogP contribution is -2.33. The Morgan fingerprint density at radius 1 is 1.19 bits per heavy atom. The van der Waals surface area contributed by atoms with Gasteiger partial charge in [0.1, 0.15) is 6.61 Å². The average molecular weight is 245 g/mol. The lowest BCUT2D eigenvalue weighted by atomic mass is 10.1. The van der Waals surface area contributed by atoms with Gasteiger partial charge in [0.15, 0.2) is 0 Å². The number of ether oxygens (including phenoxy) is 1. The maximum atomic E-state index is 12.3. The van der Waals surface area contributed by atoms with Gasteiger partial charge in [-0.3, -0.25) is 0 Å². The molecule has 0 aliphatic carbocycles. The fraction of sp³-hybridized carbons (Fsp3) is 1.00. The van der Waals surface area contributed by atoms with E-state index in [0.717, 1.165) is 13.0 Å². The summed E-state index contributed by atoms with van der Waals surface area (Å²) in [6.45, 7) is 4.10. The van der Waals surface area contributed by atoms with E-state index in [1.165, 1.54) is 0 Å². The van der Waals surface area contributed by atoms with E-state index in [1.54, 1.807) is 0 Å². The largest absolute Gasteiger partial charge is 0.374 e. The fourth-order valence-corrected chi connectivity index (χ4v) is 0.931.